The Hall–Kier alpha value is -0.900. The summed E-state index contributed by atoms with van der Waals surface area (Å²) in [6.45, 7) is 1.36. The van der Waals surface area contributed by atoms with E-state index in [2.05, 4.69) is 14.7 Å². The molecular weight excluding hydrogens is 156 g/mol. The molecule has 0 aliphatic carbocycles. The zero-order valence-electron chi connectivity index (χ0n) is 5.30. The minimum absolute atomic E-state index is 0.0793. The maximum absolute atomic E-state index is 10.5. The second-order valence-corrected chi connectivity index (χ2v) is 1.97. The molecule has 0 bridgehead atoms. The van der Waals surface area contributed by atoms with Gasteiger partial charge in [0.2, 0.25) is 17.5 Å². The first-order chi connectivity index (χ1) is 4.74. The van der Waals surface area contributed by atoms with Crippen molar-refractivity contribution in [2.75, 3.05) is 0 Å². The highest BCUT2D eigenvalue weighted by Gasteiger charge is 2.07. The van der Waals surface area contributed by atoms with E-state index in [1.165, 1.54) is 6.92 Å². The lowest BCUT2D eigenvalue weighted by molar-refractivity contribution is 0.100. The lowest BCUT2D eigenvalue weighted by Crippen LogP contribution is -1.94. The molecule has 0 saturated heterocycles. The van der Waals surface area contributed by atoms with Gasteiger partial charge < -0.3 is 4.52 Å². The Balaban J connectivity index is 2.88. The van der Waals surface area contributed by atoms with Crippen LogP contribution in [0.25, 0.3) is 0 Å². The third kappa shape index (κ3) is 1.33. The van der Waals surface area contributed by atoms with Gasteiger partial charge >= 0.3 is 0 Å². The average Bonchev–Trinajstić information content (AvgIpc) is 2.34. The highest BCUT2D eigenvalue weighted by atomic mass is 35.5. The number of alkyl halides is 1. The van der Waals surface area contributed by atoms with Crippen LogP contribution in [0.5, 0.6) is 0 Å². The normalized spacial score (nSPS) is 9.80. The van der Waals surface area contributed by atoms with Gasteiger partial charge in [-0.25, -0.2) is 0 Å². The van der Waals surface area contributed by atoms with Crippen LogP contribution in [0.3, 0.4) is 0 Å². The third-order valence-corrected chi connectivity index (χ3v) is 1.13. The third-order valence-electron chi connectivity index (χ3n) is 0.897. The van der Waals surface area contributed by atoms with Crippen molar-refractivity contribution in [1.82, 2.24) is 10.1 Å². The van der Waals surface area contributed by atoms with E-state index in [0.29, 0.717) is 0 Å². The molecule has 0 aliphatic rings. The van der Waals surface area contributed by atoms with Gasteiger partial charge in [0.25, 0.3) is 0 Å². The first kappa shape index (κ1) is 7.21. The lowest BCUT2D eigenvalue weighted by atomic mass is 10.4. The Morgan fingerprint density at radius 2 is 2.50 bits per heavy atom. The van der Waals surface area contributed by atoms with E-state index in [0.717, 1.165) is 0 Å². The van der Waals surface area contributed by atoms with E-state index in [9.17, 15) is 4.79 Å². The fourth-order valence-electron chi connectivity index (χ4n) is 0.452. The summed E-state index contributed by atoms with van der Waals surface area (Å²) in [6, 6.07) is 0. The van der Waals surface area contributed by atoms with E-state index in [1.54, 1.807) is 0 Å². The molecular formula is C5H5ClN2O2. The van der Waals surface area contributed by atoms with Crippen LogP contribution in [0.1, 0.15) is 23.4 Å². The maximum atomic E-state index is 10.5. The van der Waals surface area contributed by atoms with Crippen LogP contribution < -0.4 is 0 Å². The number of Topliss-reactive ketones (excluding diaryl/α,β-unsaturated/α-hetero) is 1. The molecule has 1 heterocycles. The monoisotopic (exact) mass is 160 g/mol. The first-order valence-electron chi connectivity index (χ1n) is 2.63. The van der Waals surface area contributed by atoms with Gasteiger partial charge in [-0.15, -0.1) is 11.6 Å². The molecule has 0 aromatic carbocycles. The summed E-state index contributed by atoms with van der Waals surface area (Å²) in [5, 5.41) is 3.37. The zero-order chi connectivity index (χ0) is 7.56. The van der Waals surface area contributed by atoms with Crippen LogP contribution in [0.15, 0.2) is 4.52 Å². The van der Waals surface area contributed by atoms with Crippen molar-refractivity contribution in [3.63, 3.8) is 0 Å². The van der Waals surface area contributed by atoms with Crippen LogP contribution in [0.4, 0.5) is 0 Å². The van der Waals surface area contributed by atoms with Gasteiger partial charge in [0.05, 0.1) is 0 Å². The van der Waals surface area contributed by atoms with Crippen molar-refractivity contribution in [2.24, 2.45) is 0 Å². The van der Waals surface area contributed by atoms with Crippen molar-refractivity contribution in [1.29, 1.82) is 0 Å². The summed E-state index contributed by atoms with van der Waals surface area (Å²) in [5.74, 6) is 0.267. The molecule has 54 valence electrons. The zero-order valence-corrected chi connectivity index (χ0v) is 6.05. The number of hydrogen-bond donors (Lipinski definition) is 0. The van der Waals surface area contributed by atoms with Crippen LogP contribution in [-0.4, -0.2) is 15.9 Å². The fourth-order valence-corrected chi connectivity index (χ4v) is 0.561. The number of ketones is 1. The second kappa shape index (κ2) is 2.79. The molecule has 1 aromatic heterocycles. The summed E-state index contributed by atoms with van der Waals surface area (Å²) in [5.41, 5.74) is 0. The average molecular weight is 161 g/mol. The van der Waals surface area contributed by atoms with E-state index in [1.807, 2.05) is 0 Å². The van der Waals surface area contributed by atoms with E-state index in [-0.39, 0.29) is 23.4 Å². The number of hydrogen-bond acceptors (Lipinski definition) is 4. The van der Waals surface area contributed by atoms with Gasteiger partial charge in [0, 0.05) is 6.92 Å². The fraction of sp³-hybridized carbons (Fsp3) is 0.400. The number of aromatic nitrogens is 2. The van der Waals surface area contributed by atoms with Crippen LogP contribution >= 0.6 is 11.6 Å². The molecule has 0 unspecified atom stereocenters. The lowest BCUT2D eigenvalue weighted by Gasteiger charge is -1.76. The summed E-state index contributed by atoms with van der Waals surface area (Å²) in [7, 11) is 0. The van der Waals surface area contributed by atoms with Gasteiger partial charge in [0.1, 0.15) is 5.88 Å². The maximum Gasteiger partial charge on any atom is 0.241 e. The van der Waals surface area contributed by atoms with Gasteiger partial charge in [-0.3, -0.25) is 4.79 Å². The molecule has 4 nitrogen and oxygen atoms in total. The Morgan fingerprint density at radius 3 is 2.80 bits per heavy atom. The predicted molar refractivity (Wildman–Crippen MR) is 33.9 cm³/mol. The number of carbonyl (C=O) groups is 1. The standard InChI is InChI=1S/C5H5ClN2O2/c1-3(9)5-7-4(2-6)10-8-5/h2H2,1H3. The van der Waals surface area contributed by atoms with Gasteiger partial charge in [-0.05, 0) is 0 Å². The summed E-state index contributed by atoms with van der Waals surface area (Å²) in [4.78, 5) is 14.2. The van der Waals surface area contributed by atoms with Gasteiger partial charge in [-0.1, -0.05) is 5.16 Å². The van der Waals surface area contributed by atoms with E-state index < -0.39 is 0 Å². The van der Waals surface area contributed by atoms with Crippen LogP contribution in [0.2, 0.25) is 0 Å². The molecule has 0 radical (unpaired) electrons. The molecule has 10 heavy (non-hydrogen) atoms. The number of rotatable bonds is 2. The smallest absolute Gasteiger partial charge is 0.241 e. The molecule has 0 saturated carbocycles. The van der Waals surface area contributed by atoms with Crippen molar-refractivity contribution in [3.05, 3.63) is 11.7 Å². The highest BCUT2D eigenvalue weighted by Crippen LogP contribution is 2.00. The Labute approximate surface area is 62.2 Å². The largest absolute Gasteiger partial charge is 0.338 e. The SMILES string of the molecule is CC(=O)c1noc(CCl)n1. The summed E-state index contributed by atoms with van der Waals surface area (Å²) in [6.07, 6.45) is 0. The minimum Gasteiger partial charge on any atom is -0.338 e. The molecule has 5 heteroatoms. The summed E-state index contributed by atoms with van der Waals surface area (Å²) >= 11 is 5.34. The van der Waals surface area contributed by atoms with Crippen molar-refractivity contribution in [2.45, 2.75) is 12.8 Å². The Morgan fingerprint density at radius 1 is 1.80 bits per heavy atom. The van der Waals surface area contributed by atoms with Crippen molar-refractivity contribution < 1.29 is 9.32 Å². The van der Waals surface area contributed by atoms with E-state index >= 15 is 0 Å². The highest BCUT2D eigenvalue weighted by molar-refractivity contribution is 6.16. The predicted octanol–water partition coefficient (Wildman–Crippen LogP) is 1.01. The number of nitrogens with zero attached hydrogens (tertiary/aromatic N) is 2. The number of halogens is 1. The molecule has 0 spiro atoms. The number of carbonyl (C=O) groups excluding carboxylic acids is 1. The Bertz CT molecular complexity index is 246. The quantitative estimate of drug-likeness (QED) is 0.479. The van der Waals surface area contributed by atoms with Crippen LogP contribution in [-0.2, 0) is 5.88 Å². The Kier molecular flexibility index (Phi) is 2.01. The molecule has 0 atom stereocenters. The van der Waals surface area contributed by atoms with E-state index in [4.69, 9.17) is 11.6 Å². The molecule has 0 N–H and O–H groups in total. The first-order valence-corrected chi connectivity index (χ1v) is 3.17. The molecule has 0 aliphatic heterocycles. The molecule has 1 rings (SSSR count). The molecule has 0 amide bonds. The second-order valence-electron chi connectivity index (χ2n) is 1.70. The minimum atomic E-state index is -0.222. The topological polar surface area (TPSA) is 56.0 Å². The van der Waals surface area contributed by atoms with Gasteiger partial charge in [0.15, 0.2) is 0 Å². The van der Waals surface area contributed by atoms with Gasteiger partial charge in [-0.2, -0.15) is 4.98 Å². The van der Waals surface area contributed by atoms with Crippen LogP contribution in [0, 0.1) is 0 Å². The van der Waals surface area contributed by atoms with Crippen molar-refractivity contribution in [3.8, 4) is 0 Å². The molecule has 1 aromatic rings. The summed E-state index contributed by atoms with van der Waals surface area (Å²) < 4.78 is 4.56. The van der Waals surface area contributed by atoms with Crippen molar-refractivity contribution >= 4 is 17.4 Å². The molecule has 0 fully saturated rings.